The van der Waals surface area contributed by atoms with Gasteiger partial charge in [-0.05, 0) is 36.8 Å². The molecule has 7 nitrogen and oxygen atoms in total. The van der Waals surface area contributed by atoms with Gasteiger partial charge < -0.3 is 13.9 Å². The number of aromatic nitrogens is 2. The van der Waals surface area contributed by atoms with Gasteiger partial charge in [-0.3, -0.25) is 4.79 Å². The summed E-state index contributed by atoms with van der Waals surface area (Å²) < 4.78 is 33.5. The van der Waals surface area contributed by atoms with Crippen molar-refractivity contribution in [2.24, 2.45) is 0 Å². The molecule has 0 spiro atoms. The minimum Gasteiger partial charge on any atom is -0.467 e. The number of aryl methyl sites for hydroxylation is 1. The Balaban J connectivity index is 1.67. The first-order valence-corrected chi connectivity index (χ1v) is 12.8. The maximum absolute atomic E-state index is 13.4. The van der Waals surface area contributed by atoms with Crippen molar-refractivity contribution in [1.29, 1.82) is 0 Å². The molecule has 35 heavy (non-hydrogen) atoms. The summed E-state index contributed by atoms with van der Waals surface area (Å²) in [6.07, 6.45) is 4.68. The number of furan rings is 1. The van der Waals surface area contributed by atoms with E-state index in [1.54, 1.807) is 70.3 Å². The molecule has 8 heteroatoms. The van der Waals surface area contributed by atoms with Crippen molar-refractivity contribution in [3.63, 3.8) is 0 Å². The first-order valence-electron chi connectivity index (χ1n) is 11.2. The molecule has 0 saturated heterocycles. The smallest absolute Gasteiger partial charge is 0.254 e. The molecule has 0 atom stereocenters. The van der Waals surface area contributed by atoms with Crippen LogP contribution < -0.4 is 0 Å². The lowest BCUT2D eigenvalue weighted by Gasteiger charge is -2.23. The molecule has 0 bridgehead atoms. The molecule has 4 rings (SSSR count). The number of allylic oxidation sites excluding steroid dienone is 1. The Morgan fingerprint density at radius 2 is 1.80 bits per heavy atom. The van der Waals surface area contributed by atoms with Crippen molar-refractivity contribution in [3.8, 4) is 0 Å². The third kappa shape index (κ3) is 5.78. The summed E-state index contributed by atoms with van der Waals surface area (Å²) >= 11 is 0. The normalized spacial score (nSPS) is 11.3. The summed E-state index contributed by atoms with van der Waals surface area (Å²) in [7, 11) is -3.73. The van der Waals surface area contributed by atoms with E-state index in [9.17, 15) is 13.2 Å². The van der Waals surface area contributed by atoms with Crippen LogP contribution in [0.1, 0.15) is 32.9 Å². The number of hydrogen-bond donors (Lipinski definition) is 0. The number of imidazole rings is 1. The average molecular weight is 490 g/mol. The molecule has 180 valence electrons. The zero-order valence-electron chi connectivity index (χ0n) is 19.5. The van der Waals surface area contributed by atoms with E-state index in [1.807, 2.05) is 25.1 Å². The average Bonchev–Trinajstić information content (AvgIpc) is 3.50. The van der Waals surface area contributed by atoms with E-state index in [0.717, 1.165) is 5.56 Å². The molecule has 4 aromatic rings. The molecule has 1 amide bonds. The number of benzene rings is 2. The standard InChI is InChI=1S/C27H27N3O4S/c1-3-15-30-24(17-28-27(30)35(32,33)20-22-8-5-4-6-9-22)18-29(19-25-10-7-16-34-25)26(31)23-13-11-21(2)12-14-23/h3-14,16-17H,1,15,18-20H2,2H3. The van der Waals surface area contributed by atoms with Crippen molar-refractivity contribution in [1.82, 2.24) is 14.5 Å². The highest BCUT2D eigenvalue weighted by atomic mass is 32.2. The van der Waals surface area contributed by atoms with Crippen molar-refractivity contribution < 1.29 is 17.6 Å². The van der Waals surface area contributed by atoms with E-state index in [-0.39, 0.29) is 36.5 Å². The first kappa shape index (κ1) is 24.2. The number of sulfone groups is 1. The molecule has 2 aromatic heterocycles. The Hall–Kier alpha value is -3.91. The number of carbonyl (C=O) groups excluding carboxylic acids is 1. The molecule has 0 unspecified atom stereocenters. The number of hydrogen-bond acceptors (Lipinski definition) is 5. The Bertz CT molecular complexity index is 1390. The van der Waals surface area contributed by atoms with E-state index < -0.39 is 9.84 Å². The molecule has 0 radical (unpaired) electrons. The molecule has 0 aliphatic carbocycles. The van der Waals surface area contributed by atoms with Gasteiger partial charge in [-0.2, -0.15) is 0 Å². The Morgan fingerprint density at radius 1 is 1.06 bits per heavy atom. The van der Waals surface area contributed by atoms with Crippen LogP contribution in [0.4, 0.5) is 0 Å². The zero-order chi connectivity index (χ0) is 24.8. The molecule has 0 aliphatic rings. The maximum Gasteiger partial charge on any atom is 0.254 e. The van der Waals surface area contributed by atoms with Gasteiger partial charge in [0, 0.05) is 12.1 Å². The highest BCUT2D eigenvalue weighted by Gasteiger charge is 2.26. The van der Waals surface area contributed by atoms with Gasteiger partial charge >= 0.3 is 0 Å². The lowest BCUT2D eigenvalue weighted by molar-refractivity contribution is 0.0713. The summed E-state index contributed by atoms with van der Waals surface area (Å²) in [4.78, 5) is 19.3. The predicted molar refractivity (Wildman–Crippen MR) is 133 cm³/mol. The zero-order valence-corrected chi connectivity index (χ0v) is 20.3. The Morgan fingerprint density at radius 3 is 2.46 bits per heavy atom. The van der Waals surface area contributed by atoms with Gasteiger partial charge in [0.2, 0.25) is 15.0 Å². The van der Waals surface area contributed by atoms with Crippen molar-refractivity contribution in [3.05, 3.63) is 120 Å². The van der Waals surface area contributed by atoms with E-state index in [0.29, 0.717) is 22.6 Å². The summed E-state index contributed by atoms with van der Waals surface area (Å²) in [5.41, 5.74) is 2.85. The minimum atomic E-state index is -3.73. The summed E-state index contributed by atoms with van der Waals surface area (Å²) in [6.45, 7) is 6.35. The summed E-state index contributed by atoms with van der Waals surface area (Å²) in [5, 5.41) is -0.0445. The third-order valence-corrected chi connectivity index (χ3v) is 7.15. The number of rotatable bonds is 10. The van der Waals surface area contributed by atoms with E-state index in [4.69, 9.17) is 4.42 Å². The van der Waals surface area contributed by atoms with Crippen LogP contribution in [0, 0.1) is 6.92 Å². The lowest BCUT2D eigenvalue weighted by atomic mass is 10.1. The Kier molecular flexibility index (Phi) is 7.31. The largest absolute Gasteiger partial charge is 0.467 e. The van der Waals surface area contributed by atoms with Crippen LogP contribution in [0.5, 0.6) is 0 Å². The van der Waals surface area contributed by atoms with Crippen molar-refractivity contribution in [2.75, 3.05) is 0 Å². The second kappa shape index (κ2) is 10.6. The SMILES string of the molecule is C=CCn1c(CN(Cc2ccco2)C(=O)c2ccc(C)cc2)cnc1S(=O)(=O)Cc1ccccc1. The fourth-order valence-corrected chi connectivity index (χ4v) is 5.31. The van der Waals surface area contributed by atoms with Crippen LogP contribution in [0.3, 0.4) is 0 Å². The van der Waals surface area contributed by atoms with Crippen LogP contribution in [-0.2, 0) is 35.2 Å². The maximum atomic E-state index is 13.4. The molecule has 0 saturated carbocycles. The highest BCUT2D eigenvalue weighted by molar-refractivity contribution is 7.90. The number of nitrogens with zero attached hydrogens (tertiary/aromatic N) is 3. The molecule has 2 aromatic carbocycles. The van der Waals surface area contributed by atoms with Gasteiger partial charge in [0.1, 0.15) is 5.76 Å². The first-order chi connectivity index (χ1) is 16.9. The molecule has 0 fully saturated rings. The molecule has 2 heterocycles. The van der Waals surface area contributed by atoms with Gasteiger partial charge in [0.05, 0.1) is 37.0 Å². The summed E-state index contributed by atoms with van der Waals surface area (Å²) in [5.74, 6) is 0.262. The Labute approximate surface area is 205 Å². The molecular formula is C27H27N3O4S. The number of carbonyl (C=O) groups is 1. The molecular weight excluding hydrogens is 462 g/mol. The molecule has 0 N–H and O–H groups in total. The molecule has 0 aliphatic heterocycles. The van der Waals surface area contributed by atoms with E-state index in [1.165, 1.54) is 6.20 Å². The fourth-order valence-electron chi connectivity index (χ4n) is 3.81. The van der Waals surface area contributed by atoms with E-state index in [2.05, 4.69) is 11.6 Å². The monoisotopic (exact) mass is 489 g/mol. The number of amides is 1. The topological polar surface area (TPSA) is 85.4 Å². The quantitative estimate of drug-likeness (QED) is 0.299. The van der Waals surface area contributed by atoms with Gasteiger partial charge in [0.25, 0.3) is 5.91 Å². The van der Waals surface area contributed by atoms with Gasteiger partial charge in [-0.1, -0.05) is 54.1 Å². The minimum absolute atomic E-state index is 0.0445. The van der Waals surface area contributed by atoms with Crippen LogP contribution in [-0.4, -0.2) is 28.8 Å². The lowest BCUT2D eigenvalue weighted by Crippen LogP contribution is -2.31. The van der Waals surface area contributed by atoms with Gasteiger partial charge in [-0.15, -0.1) is 6.58 Å². The predicted octanol–water partition coefficient (Wildman–Crippen LogP) is 4.79. The fraction of sp³-hybridized carbons (Fsp3) is 0.185. The van der Waals surface area contributed by atoms with Crippen molar-refractivity contribution >= 4 is 15.7 Å². The van der Waals surface area contributed by atoms with Crippen LogP contribution in [0.25, 0.3) is 0 Å². The third-order valence-electron chi connectivity index (χ3n) is 5.56. The second-order valence-corrected chi connectivity index (χ2v) is 10.2. The van der Waals surface area contributed by atoms with Crippen LogP contribution in [0.2, 0.25) is 0 Å². The highest BCUT2D eigenvalue weighted by Crippen LogP contribution is 2.21. The van der Waals surface area contributed by atoms with Crippen LogP contribution >= 0.6 is 0 Å². The van der Waals surface area contributed by atoms with Crippen molar-refractivity contribution in [2.45, 2.75) is 37.5 Å². The van der Waals surface area contributed by atoms with Crippen LogP contribution in [0.15, 0.2) is 101 Å². The second-order valence-electron chi connectivity index (χ2n) is 8.28. The van der Waals surface area contributed by atoms with E-state index >= 15 is 0 Å². The summed E-state index contributed by atoms with van der Waals surface area (Å²) in [6, 6.07) is 19.9. The van der Waals surface area contributed by atoms with Gasteiger partial charge in [-0.25, -0.2) is 13.4 Å². The van der Waals surface area contributed by atoms with Gasteiger partial charge in [0.15, 0.2) is 0 Å².